The highest BCUT2D eigenvalue weighted by Gasteiger charge is 2.08. The first-order valence-electron chi connectivity index (χ1n) is 5.06. The molecule has 0 saturated carbocycles. The van der Waals surface area contributed by atoms with Crippen LogP contribution >= 0.6 is 0 Å². The number of hydrogen-bond donors (Lipinski definition) is 2. The third-order valence-electron chi connectivity index (χ3n) is 2.23. The number of hydrogen-bond acceptors (Lipinski definition) is 2. The van der Waals surface area contributed by atoms with Crippen molar-refractivity contribution in [1.82, 2.24) is 0 Å². The van der Waals surface area contributed by atoms with Crippen molar-refractivity contribution in [3.63, 3.8) is 0 Å². The molecule has 0 aliphatic heterocycles. The van der Waals surface area contributed by atoms with E-state index in [0.29, 0.717) is 5.92 Å². The van der Waals surface area contributed by atoms with E-state index in [2.05, 4.69) is 19.2 Å². The lowest BCUT2D eigenvalue weighted by molar-refractivity contribution is -0.114. The number of anilines is 1. The van der Waals surface area contributed by atoms with Gasteiger partial charge in [-0.05, 0) is 23.1 Å². The zero-order valence-corrected chi connectivity index (χ0v) is 9.37. The first-order valence-corrected chi connectivity index (χ1v) is 5.06. The standard InChI is InChI=1S/C12H17NO2/c1-8(2)11-6-10(7-14)4-5-12(11)13-9(3)15/h4-6,8,14H,7H2,1-3H3,(H,13,15). The molecule has 1 rings (SSSR count). The lowest BCUT2D eigenvalue weighted by atomic mass is 9.98. The summed E-state index contributed by atoms with van der Waals surface area (Å²) in [5.74, 6) is 0.243. The smallest absolute Gasteiger partial charge is 0.221 e. The molecule has 1 aromatic carbocycles. The third kappa shape index (κ3) is 3.06. The highest BCUT2D eigenvalue weighted by molar-refractivity contribution is 5.89. The van der Waals surface area contributed by atoms with Gasteiger partial charge in [0.15, 0.2) is 0 Å². The van der Waals surface area contributed by atoms with Gasteiger partial charge in [0.2, 0.25) is 5.91 Å². The maximum atomic E-state index is 11.0. The molecule has 15 heavy (non-hydrogen) atoms. The topological polar surface area (TPSA) is 49.3 Å². The molecule has 82 valence electrons. The molecule has 1 amide bonds. The Morgan fingerprint density at radius 2 is 2.13 bits per heavy atom. The minimum atomic E-state index is -0.0753. The second-order valence-electron chi connectivity index (χ2n) is 3.92. The highest BCUT2D eigenvalue weighted by Crippen LogP contribution is 2.25. The maximum Gasteiger partial charge on any atom is 0.221 e. The normalized spacial score (nSPS) is 10.5. The Kier molecular flexibility index (Phi) is 3.86. The van der Waals surface area contributed by atoms with Crippen LogP contribution in [0.5, 0.6) is 0 Å². The Bertz CT molecular complexity index is 359. The van der Waals surface area contributed by atoms with E-state index in [1.807, 2.05) is 18.2 Å². The van der Waals surface area contributed by atoms with Crippen LogP contribution in [0.25, 0.3) is 0 Å². The summed E-state index contributed by atoms with van der Waals surface area (Å²) in [6.07, 6.45) is 0. The van der Waals surface area contributed by atoms with E-state index >= 15 is 0 Å². The molecule has 0 saturated heterocycles. The van der Waals surface area contributed by atoms with Crippen molar-refractivity contribution in [3.8, 4) is 0 Å². The molecule has 1 aromatic rings. The number of nitrogens with one attached hydrogen (secondary N) is 1. The van der Waals surface area contributed by atoms with E-state index in [-0.39, 0.29) is 12.5 Å². The van der Waals surface area contributed by atoms with Crippen LogP contribution in [-0.2, 0) is 11.4 Å². The minimum Gasteiger partial charge on any atom is -0.392 e. The van der Waals surface area contributed by atoms with Gasteiger partial charge in [0, 0.05) is 12.6 Å². The predicted molar refractivity (Wildman–Crippen MR) is 60.8 cm³/mol. The van der Waals surface area contributed by atoms with Gasteiger partial charge in [0.05, 0.1) is 6.61 Å². The number of aliphatic hydroxyl groups excluding tert-OH is 1. The molecule has 0 aromatic heterocycles. The van der Waals surface area contributed by atoms with Gasteiger partial charge in [-0.1, -0.05) is 26.0 Å². The number of rotatable bonds is 3. The van der Waals surface area contributed by atoms with Crippen molar-refractivity contribution < 1.29 is 9.90 Å². The molecule has 3 nitrogen and oxygen atoms in total. The molecule has 0 spiro atoms. The zero-order chi connectivity index (χ0) is 11.4. The van der Waals surface area contributed by atoms with E-state index in [1.165, 1.54) is 6.92 Å². The summed E-state index contributed by atoms with van der Waals surface area (Å²) in [4.78, 5) is 11.0. The number of carbonyl (C=O) groups is 1. The van der Waals surface area contributed by atoms with Crippen molar-refractivity contribution in [3.05, 3.63) is 29.3 Å². The van der Waals surface area contributed by atoms with Crippen molar-refractivity contribution in [1.29, 1.82) is 0 Å². The first-order chi connectivity index (χ1) is 7.04. The predicted octanol–water partition coefficient (Wildman–Crippen LogP) is 2.26. The Labute approximate surface area is 90.1 Å². The number of carbonyl (C=O) groups excluding carboxylic acids is 1. The Hall–Kier alpha value is -1.35. The summed E-state index contributed by atoms with van der Waals surface area (Å²) in [6, 6.07) is 5.58. The second kappa shape index (κ2) is 4.94. The lowest BCUT2D eigenvalue weighted by Crippen LogP contribution is -2.09. The number of amides is 1. The van der Waals surface area contributed by atoms with Crippen molar-refractivity contribution in [2.24, 2.45) is 0 Å². The average Bonchev–Trinajstić information content (AvgIpc) is 2.17. The van der Waals surface area contributed by atoms with Crippen LogP contribution in [0.15, 0.2) is 18.2 Å². The van der Waals surface area contributed by atoms with Gasteiger partial charge in [-0.2, -0.15) is 0 Å². The van der Waals surface area contributed by atoms with Crippen LogP contribution in [0.1, 0.15) is 37.8 Å². The van der Waals surface area contributed by atoms with Crippen LogP contribution in [0.4, 0.5) is 5.69 Å². The number of benzene rings is 1. The summed E-state index contributed by atoms with van der Waals surface area (Å²) >= 11 is 0. The van der Waals surface area contributed by atoms with Gasteiger partial charge < -0.3 is 10.4 Å². The Balaban J connectivity index is 3.09. The van der Waals surface area contributed by atoms with Crippen LogP contribution in [0, 0.1) is 0 Å². The van der Waals surface area contributed by atoms with Gasteiger partial charge in [0.25, 0.3) is 0 Å². The average molecular weight is 207 g/mol. The quantitative estimate of drug-likeness (QED) is 0.798. The minimum absolute atomic E-state index is 0.0278. The van der Waals surface area contributed by atoms with E-state index < -0.39 is 0 Å². The fourth-order valence-electron chi connectivity index (χ4n) is 1.49. The van der Waals surface area contributed by atoms with Crippen molar-refractivity contribution in [2.75, 3.05) is 5.32 Å². The van der Waals surface area contributed by atoms with Crippen LogP contribution < -0.4 is 5.32 Å². The lowest BCUT2D eigenvalue weighted by Gasteiger charge is -2.14. The summed E-state index contributed by atoms with van der Waals surface area (Å²) < 4.78 is 0. The van der Waals surface area contributed by atoms with Crippen LogP contribution in [-0.4, -0.2) is 11.0 Å². The SMILES string of the molecule is CC(=O)Nc1ccc(CO)cc1C(C)C. The molecule has 0 unspecified atom stereocenters. The van der Waals surface area contributed by atoms with Gasteiger partial charge in [-0.3, -0.25) is 4.79 Å². The molecule has 0 radical (unpaired) electrons. The molecular weight excluding hydrogens is 190 g/mol. The van der Waals surface area contributed by atoms with Crippen LogP contribution in [0.3, 0.4) is 0 Å². The van der Waals surface area contributed by atoms with Crippen molar-refractivity contribution in [2.45, 2.75) is 33.3 Å². The van der Waals surface area contributed by atoms with Gasteiger partial charge in [-0.15, -0.1) is 0 Å². The van der Waals surface area contributed by atoms with E-state index in [4.69, 9.17) is 5.11 Å². The molecule has 0 bridgehead atoms. The van der Waals surface area contributed by atoms with E-state index in [9.17, 15) is 4.79 Å². The molecule has 0 atom stereocenters. The largest absolute Gasteiger partial charge is 0.392 e. The molecular formula is C12H17NO2. The summed E-state index contributed by atoms with van der Waals surface area (Å²) in [7, 11) is 0. The van der Waals surface area contributed by atoms with Crippen molar-refractivity contribution >= 4 is 11.6 Å². The highest BCUT2D eigenvalue weighted by atomic mass is 16.3. The summed E-state index contributed by atoms with van der Waals surface area (Å²) in [5.41, 5.74) is 2.75. The molecule has 0 heterocycles. The fraction of sp³-hybridized carbons (Fsp3) is 0.417. The summed E-state index contributed by atoms with van der Waals surface area (Å²) in [5, 5.41) is 11.8. The van der Waals surface area contributed by atoms with Gasteiger partial charge >= 0.3 is 0 Å². The molecule has 0 aliphatic carbocycles. The van der Waals surface area contributed by atoms with E-state index in [0.717, 1.165) is 16.8 Å². The van der Waals surface area contributed by atoms with Gasteiger partial charge in [0.1, 0.15) is 0 Å². The van der Waals surface area contributed by atoms with Gasteiger partial charge in [-0.25, -0.2) is 0 Å². The number of aliphatic hydroxyl groups is 1. The molecule has 0 fully saturated rings. The molecule has 2 N–H and O–H groups in total. The summed E-state index contributed by atoms with van der Waals surface area (Å²) in [6.45, 7) is 5.63. The maximum absolute atomic E-state index is 11.0. The Morgan fingerprint density at radius 3 is 2.60 bits per heavy atom. The second-order valence-corrected chi connectivity index (χ2v) is 3.92. The first kappa shape index (κ1) is 11.7. The molecule has 0 aliphatic rings. The Morgan fingerprint density at radius 1 is 1.47 bits per heavy atom. The molecule has 3 heteroatoms. The zero-order valence-electron chi connectivity index (χ0n) is 9.37. The monoisotopic (exact) mass is 207 g/mol. The fourth-order valence-corrected chi connectivity index (χ4v) is 1.49. The van der Waals surface area contributed by atoms with E-state index in [1.54, 1.807) is 0 Å². The third-order valence-corrected chi connectivity index (χ3v) is 2.23. The van der Waals surface area contributed by atoms with Crippen LogP contribution in [0.2, 0.25) is 0 Å².